The highest BCUT2D eigenvalue weighted by molar-refractivity contribution is 5.23. The van der Waals surface area contributed by atoms with Crippen LogP contribution in [-0.2, 0) is 0 Å². The van der Waals surface area contributed by atoms with Gasteiger partial charge < -0.3 is 5.32 Å². The van der Waals surface area contributed by atoms with Gasteiger partial charge in [0.25, 0.3) is 0 Å². The van der Waals surface area contributed by atoms with Gasteiger partial charge >= 0.3 is 12.4 Å². The van der Waals surface area contributed by atoms with Gasteiger partial charge in [0.05, 0.1) is 6.04 Å². The number of alkyl halides is 6. The Morgan fingerprint density at radius 2 is 1.33 bits per heavy atom. The molecule has 0 aromatic heterocycles. The zero-order valence-corrected chi connectivity index (χ0v) is 10.6. The van der Waals surface area contributed by atoms with Crippen LogP contribution in [0.1, 0.15) is 18.5 Å². The van der Waals surface area contributed by atoms with Crippen molar-refractivity contribution < 1.29 is 35.1 Å². The van der Waals surface area contributed by atoms with E-state index >= 15 is 0 Å². The van der Waals surface area contributed by atoms with Gasteiger partial charge in [-0.1, -0.05) is 6.92 Å². The van der Waals surface area contributed by atoms with Crippen molar-refractivity contribution in [3.63, 3.8) is 0 Å². The lowest BCUT2D eigenvalue weighted by molar-refractivity contribution is -0.292. The second-order valence-electron chi connectivity index (χ2n) is 4.30. The molecule has 1 N–H and O–H groups in total. The molecule has 0 saturated heterocycles. The molecule has 0 bridgehead atoms. The van der Waals surface area contributed by atoms with E-state index in [-0.39, 0.29) is 6.54 Å². The van der Waals surface area contributed by atoms with E-state index in [0.717, 1.165) is 0 Å². The predicted octanol–water partition coefficient (Wildman–Crippen LogP) is 4.36. The summed E-state index contributed by atoms with van der Waals surface area (Å²) in [5, 5.41) is 1.99. The maximum Gasteiger partial charge on any atom is 0.402 e. The Labute approximate surface area is 114 Å². The van der Waals surface area contributed by atoms with Crippen LogP contribution in [0, 0.1) is 17.6 Å². The normalized spacial score (nSPS) is 14.6. The maximum atomic E-state index is 13.1. The minimum atomic E-state index is -5.62. The van der Waals surface area contributed by atoms with Crippen LogP contribution in [-0.4, -0.2) is 18.9 Å². The largest absolute Gasteiger partial charge is 0.402 e. The van der Waals surface area contributed by atoms with E-state index in [9.17, 15) is 35.1 Å². The quantitative estimate of drug-likeness (QED) is 0.813. The molecule has 0 aliphatic heterocycles. The Hall–Kier alpha value is -1.38. The molecule has 1 aromatic rings. The van der Waals surface area contributed by atoms with Crippen LogP contribution in [0.4, 0.5) is 35.1 Å². The summed E-state index contributed by atoms with van der Waals surface area (Å²) in [6.45, 7) is 1.04. The molecular weight excluding hydrogens is 310 g/mol. The molecular formula is C12H11F8N. The summed E-state index contributed by atoms with van der Waals surface area (Å²) < 4.78 is 102. The van der Waals surface area contributed by atoms with Gasteiger partial charge in [-0.15, -0.1) is 0 Å². The molecule has 0 radical (unpaired) electrons. The number of rotatable bonds is 4. The van der Waals surface area contributed by atoms with E-state index in [1.165, 1.54) is 6.92 Å². The van der Waals surface area contributed by atoms with Crippen LogP contribution in [0.25, 0.3) is 0 Å². The Balaban J connectivity index is 3.37. The fraction of sp³-hybridized carbons (Fsp3) is 0.500. The van der Waals surface area contributed by atoms with Crippen molar-refractivity contribution in [1.82, 2.24) is 5.32 Å². The molecule has 0 aliphatic carbocycles. The average Bonchev–Trinajstić information content (AvgIpc) is 2.23. The predicted molar refractivity (Wildman–Crippen MR) is 58.4 cm³/mol. The molecule has 0 amide bonds. The van der Waals surface area contributed by atoms with Crippen LogP contribution in [0.2, 0.25) is 0 Å². The minimum absolute atomic E-state index is 0.245. The molecule has 0 aliphatic rings. The van der Waals surface area contributed by atoms with Crippen molar-refractivity contribution in [2.24, 2.45) is 5.92 Å². The Bertz CT molecular complexity index is 445. The molecule has 1 nitrogen and oxygen atoms in total. The lowest BCUT2D eigenvalue weighted by Crippen LogP contribution is -2.46. The van der Waals surface area contributed by atoms with Gasteiger partial charge in [0, 0.05) is 6.07 Å². The molecule has 1 atom stereocenters. The van der Waals surface area contributed by atoms with Crippen molar-refractivity contribution in [3.8, 4) is 0 Å². The highest BCUT2D eigenvalue weighted by Gasteiger charge is 2.60. The molecule has 1 aromatic carbocycles. The average molecular weight is 321 g/mol. The van der Waals surface area contributed by atoms with Gasteiger partial charge in [0.2, 0.25) is 0 Å². The summed E-state index contributed by atoms with van der Waals surface area (Å²) >= 11 is 0. The zero-order valence-electron chi connectivity index (χ0n) is 10.6. The third kappa shape index (κ3) is 4.55. The Morgan fingerprint density at radius 3 is 1.67 bits per heavy atom. The number of nitrogens with one attached hydrogen (secondary N) is 1. The lowest BCUT2D eigenvalue weighted by Gasteiger charge is -2.31. The number of halogens is 8. The second-order valence-corrected chi connectivity index (χ2v) is 4.30. The molecule has 0 fully saturated rings. The second kappa shape index (κ2) is 6.17. The minimum Gasteiger partial charge on any atom is -0.309 e. The summed E-state index contributed by atoms with van der Waals surface area (Å²) in [5.74, 6) is -6.28. The first-order chi connectivity index (χ1) is 9.46. The van der Waals surface area contributed by atoms with Crippen molar-refractivity contribution in [2.75, 3.05) is 6.54 Å². The van der Waals surface area contributed by atoms with E-state index < -0.39 is 41.5 Å². The summed E-state index contributed by atoms with van der Waals surface area (Å²) in [4.78, 5) is 0. The molecule has 0 heterocycles. The Morgan fingerprint density at radius 1 is 0.905 bits per heavy atom. The molecule has 9 heteroatoms. The third-order valence-electron chi connectivity index (χ3n) is 2.71. The monoisotopic (exact) mass is 321 g/mol. The third-order valence-corrected chi connectivity index (χ3v) is 2.71. The van der Waals surface area contributed by atoms with Crippen LogP contribution >= 0.6 is 0 Å². The summed E-state index contributed by atoms with van der Waals surface area (Å²) in [6, 6.07) is -1.08. The summed E-state index contributed by atoms with van der Waals surface area (Å²) in [5.41, 5.74) is -0.756. The summed E-state index contributed by atoms with van der Waals surface area (Å²) in [6.07, 6.45) is -11.2. The molecule has 1 rings (SSSR count). The van der Waals surface area contributed by atoms with Gasteiger partial charge in [0.1, 0.15) is 11.6 Å². The van der Waals surface area contributed by atoms with Gasteiger partial charge in [0.15, 0.2) is 5.92 Å². The first kappa shape index (κ1) is 17.7. The van der Waals surface area contributed by atoms with Crippen molar-refractivity contribution in [3.05, 3.63) is 35.4 Å². The van der Waals surface area contributed by atoms with Crippen LogP contribution < -0.4 is 5.32 Å². The summed E-state index contributed by atoms with van der Waals surface area (Å²) in [7, 11) is 0. The van der Waals surface area contributed by atoms with E-state index in [4.69, 9.17) is 0 Å². The van der Waals surface area contributed by atoms with E-state index in [2.05, 4.69) is 0 Å². The van der Waals surface area contributed by atoms with Crippen LogP contribution in [0.5, 0.6) is 0 Å². The van der Waals surface area contributed by atoms with Crippen molar-refractivity contribution in [1.29, 1.82) is 0 Å². The van der Waals surface area contributed by atoms with Crippen LogP contribution in [0.15, 0.2) is 18.2 Å². The fourth-order valence-corrected chi connectivity index (χ4v) is 1.97. The van der Waals surface area contributed by atoms with Crippen LogP contribution in [0.3, 0.4) is 0 Å². The number of hydrogen-bond donors (Lipinski definition) is 1. The zero-order chi connectivity index (χ0) is 16.4. The highest BCUT2D eigenvalue weighted by atomic mass is 19.4. The number of hydrogen-bond acceptors (Lipinski definition) is 1. The fourth-order valence-electron chi connectivity index (χ4n) is 1.97. The number of benzene rings is 1. The molecule has 120 valence electrons. The van der Waals surface area contributed by atoms with Gasteiger partial charge in [-0.25, -0.2) is 8.78 Å². The first-order valence-corrected chi connectivity index (χ1v) is 5.79. The van der Waals surface area contributed by atoms with E-state index in [1.807, 2.05) is 5.32 Å². The van der Waals surface area contributed by atoms with Gasteiger partial charge in [-0.2, -0.15) is 26.3 Å². The molecule has 0 spiro atoms. The van der Waals surface area contributed by atoms with Gasteiger partial charge in [-0.3, -0.25) is 0 Å². The van der Waals surface area contributed by atoms with Gasteiger partial charge in [-0.05, 0) is 24.2 Å². The van der Waals surface area contributed by atoms with Crippen molar-refractivity contribution in [2.45, 2.75) is 25.3 Å². The van der Waals surface area contributed by atoms with Crippen molar-refractivity contribution >= 4 is 0 Å². The van der Waals surface area contributed by atoms with E-state index in [0.29, 0.717) is 18.2 Å². The maximum absolute atomic E-state index is 13.1. The molecule has 1 unspecified atom stereocenters. The highest BCUT2D eigenvalue weighted by Crippen LogP contribution is 2.46. The smallest absolute Gasteiger partial charge is 0.309 e. The molecule has 0 saturated carbocycles. The SMILES string of the molecule is CCNC(c1cc(F)cc(F)c1)C(C(F)(F)F)C(F)(F)F. The van der Waals surface area contributed by atoms with E-state index in [1.54, 1.807) is 0 Å². The lowest BCUT2D eigenvalue weighted by atomic mass is 9.91. The molecule has 21 heavy (non-hydrogen) atoms. The topological polar surface area (TPSA) is 12.0 Å². The first-order valence-electron chi connectivity index (χ1n) is 5.79. The Kier molecular flexibility index (Phi) is 5.19. The standard InChI is InChI=1S/C12H11F8N/c1-2-21-9(6-3-7(13)5-8(14)4-6)10(11(15,16)17)12(18,19)20/h3-5,9-10,21H,2H2,1H3.